The van der Waals surface area contributed by atoms with Crippen LogP contribution >= 0.6 is 12.2 Å². The molecule has 1 atom stereocenters. The predicted octanol–water partition coefficient (Wildman–Crippen LogP) is 1.51. The van der Waals surface area contributed by atoms with Crippen molar-refractivity contribution in [1.82, 2.24) is 5.32 Å². The number of hydrogen-bond donors (Lipinski definition) is 3. The van der Waals surface area contributed by atoms with Crippen LogP contribution in [0.4, 0.5) is 0 Å². The predicted molar refractivity (Wildman–Crippen MR) is 75.4 cm³/mol. The van der Waals surface area contributed by atoms with Gasteiger partial charge in [-0.3, -0.25) is 4.79 Å². The lowest BCUT2D eigenvalue weighted by atomic mass is 10.1. The second-order valence-corrected chi connectivity index (χ2v) is 4.67. The highest BCUT2D eigenvalue weighted by Gasteiger charge is 2.13. The molecule has 0 bridgehead atoms. The van der Waals surface area contributed by atoms with Crippen molar-refractivity contribution in [1.29, 1.82) is 0 Å². The van der Waals surface area contributed by atoms with Crippen LogP contribution in [0.2, 0.25) is 0 Å². The molecule has 1 amide bonds. The van der Waals surface area contributed by atoms with Gasteiger partial charge < -0.3 is 16.2 Å². The van der Waals surface area contributed by atoms with Gasteiger partial charge in [0, 0.05) is 18.0 Å². The van der Waals surface area contributed by atoms with Gasteiger partial charge in [-0.2, -0.15) is 0 Å². The van der Waals surface area contributed by atoms with Gasteiger partial charge in [0.1, 0.15) is 5.75 Å². The summed E-state index contributed by atoms with van der Waals surface area (Å²) in [6, 6.07) is 6.76. The largest absolute Gasteiger partial charge is 0.508 e. The van der Waals surface area contributed by atoms with Crippen LogP contribution in [-0.2, 0) is 11.2 Å². The van der Waals surface area contributed by atoms with Crippen LogP contribution in [0.3, 0.4) is 0 Å². The molecule has 0 aliphatic rings. The highest BCUT2D eigenvalue weighted by atomic mass is 32.1. The highest BCUT2D eigenvalue weighted by molar-refractivity contribution is 7.80. The quantitative estimate of drug-likeness (QED) is 0.682. The molecule has 1 unspecified atom stereocenters. The molecule has 1 aromatic rings. The minimum atomic E-state index is -0.139. The van der Waals surface area contributed by atoms with E-state index in [1.807, 2.05) is 6.92 Å². The molecular weight excluding hydrogens is 248 g/mol. The fourth-order valence-electron chi connectivity index (χ4n) is 1.65. The molecule has 0 heterocycles. The lowest BCUT2D eigenvalue weighted by Crippen LogP contribution is -2.37. The Kier molecular flexibility index (Phi) is 5.58. The van der Waals surface area contributed by atoms with E-state index >= 15 is 0 Å². The summed E-state index contributed by atoms with van der Waals surface area (Å²) in [6.07, 6.45) is 1.42. The lowest BCUT2D eigenvalue weighted by molar-refractivity contribution is -0.121. The van der Waals surface area contributed by atoms with E-state index in [-0.39, 0.29) is 24.1 Å². The summed E-state index contributed by atoms with van der Waals surface area (Å²) in [6.45, 7) is 1.96. The Morgan fingerprint density at radius 3 is 2.72 bits per heavy atom. The van der Waals surface area contributed by atoms with Crippen molar-refractivity contribution in [3.05, 3.63) is 29.8 Å². The van der Waals surface area contributed by atoms with E-state index in [1.54, 1.807) is 24.3 Å². The number of rotatable bonds is 6. The standard InChI is InChI=1S/C13H18N2O2S/c1-2-10(8-12(14)18)15-13(17)7-9-5-3-4-6-11(9)16/h3-6,10,16H,2,7-8H2,1H3,(H2,14,18)(H,15,17). The molecule has 0 aliphatic heterocycles. The second-order valence-electron chi connectivity index (χ2n) is 4.15. The van der Waals surface area contributed by atoms with E-state index in [4.69, 9.17) is 18.0 Å². The number of benzene rings is 1. The molecular formula is C13H18N2O2S. The summed E-state index contributed by atoms with van der Waals surface area (Å²) in [5, 5.41) is 12.4. The Labute approximate surface area is 112 Å². The van der Waals surface area contributed by atoms with Gasteiger partial charge in [-0.05, 0) is 12.5 Å². The summed E-state index contributed by atoms with van der Waals surface area (Å²) in [4.78, 5) is 12.2. The van der Waals surface area contributed by atoms with Gasteiger partial charge in [0.15, 0.2) is 0 Å². The fraction of sp³-hybridized carbons (Fsp3) is 0.385. The minimum Gasteiger partial charge on any atom is -0.508 e. The molecule has 0 saturated heterocycles. The molecule has 0 radical (unpaired) electrons. The van der Waals surface area contributed by atoms with Gasteiger partial charge in [-0.25, -0.2) is 0 Å². The lowest BCUT2D eigenvalue weighted by Gasteiger charge is -2.16. The molecule has 0 aliphatic carbocycles. The average Bonchev–Trinajstić information content (AvgIpc) is 2.30. The van der Waals surface area contributed by atoms with Gasteiger partial charge in [0.2, 0.25) is 5.91 Å². The third-order valence-electron chi connectivity index (χ3n) is 2.65. The van der Waals surface area contributed by atoms with Gasteiger partial charge in [0.05, 0.1) is 11.4 Å². The first-order valence-corrected chi connectivity index (χ1v) is 6.28. The normalized spacial score (nSPS) is 11.8. The van der Waals surface area contributed by atoms with Crippen LogP contribution in [0, 0.1) is 0 Å². The van der Waals surface area contributed by atoms with E-state index in [0.29, 0.717) is 17.0 Å². The monoisotopic (exact) mass is 266 g/mol. The number of hydrogen-bond acceptors (Lipinski definition) is 3. The maximum absolute atomic E-state index is 11.8. The number of aromatic hydroxyl groups is 1. The van der Waals surface area contributed by atoms with Crippen LogP contribution < -0.4 is 11.1 Å². The van der Waals surface area contributed by atoms with Crippen LogP contribution in [-0.4, -0.2) is 22.0 Å². The maximum atomic E-state index is 11.8. The number of para-hydroxylation sites is 1. The summed E-state index contributed by atoms with van der Waals surface area (Å²) < 4.78 is 0. The molecule has 0 saturated carbocycles. The van der Waals surface area contributed by atoms with Gasteiger partial charge in [-0.15, -0.1) is 0 Å². The Morgan fingerprint density at radius 2 is 2.17 bits per heavy atom. The van der Waals surface area contributed by atoms with Crippen molar-refractivity contribution >= 4 is 23.1 Å². The first-order valence-electron chi connectivity index (χ1n) is 5.87. The van der Waals surface area contributed by atoms with E-state index < -0.39 is 0 Å². The van der Waals surface area contributed by atoms with Crippen molar-refractivity contribution < 1.29 is 9.90 Å². The molecule has 5 heteroatoms. The number of carbonyl (C=O) groups is 1. The number of nitrogens with one attached hydrogen (secondary N) is 1. The third kappa shape index (κ3) is 4.71. The van der Waals surface area contributed by atoms with Crippen molar-refractivity contribution in [2.24, 2.45) is 5.73 Å². The maximum Gasteiger partial charge on any atom is 0.224 e. The molecule has 0 fully saturated rings. The van der Waals surface area contributed by atoms with Crippen molar-refractivity contribution in [3.63, 3.8) is 0 Å². The zero-order valence-corrected chi connectivity index (χ0v) is 11.2. The molecule has 1 rings (SSSR count). The number of carbonyl (C=O) groups excluding carboxylic acids is 1. The summed E-state index contributed by atoms with van der Waals surface area (Å²) in [7, 11) is 0. The minimum absolute atomic E-state index is 0.0409. The van der Waals surface area contributed by atoms with Crippen molar-refractivity contribution in [3.8, 4) is 5.75 Å². The number of phenols is 1. The highest BCUT2D eigenvalue weighted by Crippen LogP contribution is 2.16. The van der Waals surface area contributed by atoms with Crippen LogP contribution in [0.1, 0.15) is 25.3 Å². The SMILES string of the molecule is CCC(CC(N)=S)NC(=O)Cc1ccccc1O. The van der Waals surface area contributed by atoms with E-state index in [9.17, 15) is 9.90 Å². The molecule has 0 spiro atoms. The van der Waals surface area contributed by atoms with Gasteiger partial charge in [-0.1, -0.05) is 37.3 Å². The topological polar surface area (TPSA) is 75.3 Å². The van der Waals surface area contributed by atoms with Crippen LogP contribution in [0.25, 0.3) is 0 Å². The smallest absolute Gasteiger partial charge is 0.224 e. The second kappa shape index (κ2) is 6.96. The summed E-state index contributed by atoms with van der Waals surface area (Å²) in [5.74, 6) is -0.00496. The first kappa shape index (κ1) is 14.4. The number of thiocarbonyl (C=S) groups is 1. The Bertz CT molecular complexity index is 435. The number of nitrogens with two attached hydrogens (primary N) is 1. The van der Waals surface area contributed by atoms with Crippen LogP contribution in [0.5, 0.6) is 5.75 Å². The van der Waals surface area contributed by atoms with Gasteiger partial charge >= 0.3 is 0 Å². The van der Waals surface area contributed by atoms with Crippen molar-refractivity contribution in [2.45, 2.75) is 32.2 Å². The molecule has 0 aromatic heterocycles. The number of amides is 1. The third-order valence-corrected chi connectivity index (χ3v) is 2.81. The first-order chi connectivity index (χ1) is 8.52. The fourth-order valence-corrected chi connectivity index (χ4v) is 1.85. The van der Waals surface area contributed by atoms with E-state index in [1.165, 1.54) is 0 Å². The van der Waals surface area contributed by atoms with E-state index in [2.05, 4.69) is 5.32 Å². The van der Waals surface area contributed by atoms with Gasteiger partial charge in [0.25, 0.3) is 0 Å². The molecule has 4 nitrogen and oxygen atoms in total. The molecule has 18 heavy (non-hydrogen) atoms. The van der Waals surface area contributed by atoms with E-state index in [0.717, 1.165) is 6.42 Å². The van der Waals surface area contributed by atoms with Crippen molar-refractivity contribution in [2.75, 3.05) is 0 Å². The average molecular weight is 266 g/mol. The summed E-state index contributed by atoms with van der Waals surface area (Å²) in [5.41, 5.74) is 6.07. The molecule has 4 N–H and O–H groups in total. The summed E-state index contributed by atoms with van der Waals surface area (Å²) >= 11 is 4.83. The zero-order chi connectivity index (χ0) is 13.5. The van der Waals surface area contributed by atoms with Crippen LogP contribution in [0.15, 0.2) is 24.3 Å². The Morgan fingerprint density at radius 1 is 1.50 bits per heavy atom. The Hall–Kier alpha value is -1.62. The Balaban J connectivity index is 2.55. The molecule has 98 valence electrons. The molecule has 1 aromatic carbocycles. The number of phenolic OH excluding ortho intramolecular Hbond substituents is 1. The zero-order valence-electron chi connectivity index (χ0n) is 10.3.